The van der Waals surface area contributed by atoms with Crippen LogP contribution in [0.1, 0.15) is 35.6 Å². The Morgan fingerprint density at radius 1 is 1.15 bits per heavy atom. The van der Waals surface area contributed by atoms with Crippen LogP contribution in [0.15, 0.2) is 42.5 Å². The molecule has 0 aliphatic heterocycles. The summed E-state index contributed by atoms with van der Waals surface area (Å²) < 4.78 is 3.98. The molecule has 4 heteroatoms. The molecule has 0 saturated carbocycles. The van der Waals surface area contributed by atoms with Gasteiger partial charge in [-0.05, 0) is 40.4 Å². The summed E-state index contributed by atoms with van der Waals surface area (Å²) in [5.74, 6) is 0. The van der Waals surface area contributed by atoms with Gasteiger partial charge in [-0.25, -0.2) is 0 Å². The summed E-state index contributed by atoms with van der Waals surface area (Å²) in [6, 6.07) is 14.2. The Hall–Kier alpha value is -1.78. The van der Waals surface area contributed by atoms with Crippen LogP contribution in [-0.4, -0.2) is 14.7 Å². The molecule has 0 bridgehead atoms. The molecule has 20 heavy (non-hydrogen) atoms. The van der Waals surface area contributed by atoms with E-state index in [9.17, 15) is 5.11 Å². The van der Waals surface area contributed by atoms with Crippen molar-refractivity contribution in [1.82, 2.24) is 9.59 Å². The molecule has 2 aromatic carbocycles. The Bertz CT molecular complexity index is 723. The molecule has 1 atom stereocenters. The van der Waals surface area contributed by atoms with Gasteiger partial charge >= 0.3 is 0 Å². The first kappa shape index (κ1) is 13.2. The number of aryl methyl sites for hydroxylation is 1. The fourth-order valence-electron chi connectivity index (χ4n) is 2.36. The molecule has 3 aromatic rings. The molecule has 102 valence electrons. The van der Waals surface area contributed by atoms with Gasteiger partial charge in [-0.2, -0.15) is 0 Å². The van der Waals surface area contributed by atoms with E-state index in [0.29, 0.717) is 0 Å². The largest absolute Gasteiger partial charge is 0.383 e. The highest BCUT2D eigenvalue weighted by atomic mass is 32.1. The van der Waals surface area contributed by atoms with E-state index in [1.807, 2.05) is 30.3 Å². The van der Waals surface area contributed by atoms with Crippen molar-refractivity contribution in [2.24, 2.45) is 0 Å². The number of aromatic nitrogens is 2. The average molecular weight is 284 g/mol. The number of aliphatic hydroxyl groups is 1. The van der Waals surface area contributed by atoms with Gasteiger partial charge in [0.2, 0.25) is 0 Å². The summed E-state index contributed by atoms with van der Waals surface area (Å²) >= 11 is 1.29. The average Bonchev–Trinajstić information content (AvgIpc) is 2.94. The van der Waals surface area contributed by atoms with Gasteiger partial charge < -0.3 is 5.11 Å². The van der Waals surface area contributed by atoms with E-state index in [4.69, 9.17) is 0 Å². The van der Waals surface area contributed by atoms with Crippen LogP contribution < -0.4 is 0 Å². The van der Waals surface area contributed by atoms with Gasteiger partial charge in [0, 0.05) is 0 Å². The predicted molar refractivity (Wildman–Crippen MR) is 81.9 cm³/mol. The summed E-state index contributed by atoms with van der Waals surface area (Å²) in [7, 11) is 0. The van der Waals surface area contributed by atoms with Gasteiger partial charge in [0.05, 0.1) is 10.6 Å². The lowest BCUT2D eigenvalue weighted by Gasteiger charge is -2.11. The van der Waals surface area contributed by atoms with Crippen molar-refractivity contribution >= 4 is 22.3 Å². The molecule has 1 aromatic heterocycles. The Labute approximate surface area is 122 Å². The summed E-state index contributed by atoms with van der Waals surface area (Å²) in [6.45, 7) is 2.10. The van der Waals surface area contributed by atoms with Crippen LogP contribution in [0.3, 0.4) is 0 Å². The van der Waals surface area contributed by atoms with Gasteiger partial charge in [0.15, 0.2) is 0 Å². The van der Waals surface area contributed by atoms with Gasteiger partial charge in [0.25, 0.3) is 0 Å². The molecular formula is C16H16N2OS. The first-order chi connectivity index (χ1) is 9.79. The van der Waals surface area contributed by atoms with Gasteiger partial charge in [0.1, 0.15) is 6.10 Å². The Morgan fingerprint density at radius 3 is 2.75 bits per heavy atom. The van der Waals surface area contributed by atoms with E-state index < -0.39 is 6.10 Å². The van der Waals surface area contributed by atoms with Gasteiger partial charge in [-0.1, -0.05) is 54.2 Å². The van der Waals surface area contributed by atoms with Crippen LogP contribution in [0.25, 0.3) is 10.8 Å². The van der Waals surface area contributed by atoms with E-state index in [0.717, 1.165) is 34.4 Å². The number of hydrogen-bond donors (Lipinski definition) is 1. The maximum atomic E-state index is 10.6. The molecule has 3 rings (SSSR count). The number of hydrogen-bond acceptors (Lipinski definition) is 4. The highest BCUT2D eigenvalue weighted by Gasteiger charge is 2.18. The second kappa shape index (κ2) is 5.69. The number of rotatable bonds is 4. The lowest BCUT2D eigenvalue weighted by molar-refractivity contribution is 0.223. The smallest absolute Gasteiger partial charge is 0.117 e. The van der Waals surface area contributed by atoms with Crippen LogP contribution in [0.4, 0.5) is 0 Å². The molecule has 0 fully saturated rings. The number of nitrogens with zero attached hydrogens (tertiary/aromatic N) is 2. The zero-order valence-corrected chi connectivity index (χ0v) is 12.1. The maximum absolute atomic E-state index is 10.6. The van der Waals surface area contributed by atoms with Crippen LogP contribution >= 0.6 is 11.5 Å². The zero-order chi connectivity index (χ0) is 13.9. The van der Waals surface area contributed by atoms with E-state index in [1.165, 1.54) is 16.9 Å². The molecule has 1 heterocycles. The summed E-state index contributed by atoms with van der Waals surface area (Å²) in [5.41, 5.74) is 1.81. The zero-order valence-electron chi connectivity index (χ0n) is 11.3. The number of fused-ring (bicyclic) bond motifs is 1. The summed E-state index contributed by atoms with van der Waals surface area (Å²) in [6.07, 6.45) is 1.22. The van der Waals surface area contributed by atoms with Crippen molar-refractivity contribution in [3.63, 3.8) is 0 Å². The molecule has 0 radical (unpaired) electrons. The number of aliphatic hydroxyl groups excluding tert-OH is 1. The van der Waals surface area contributed by atoms with Crippen LogP contribution in [-0.2, 0) is 6.42 Å². The van der Waals surface area contributed by atoms with E-state index in [2.05, 4.69) is 28.6 Å². The third-order valence-corrected chi connectivity index (χ3v) is 4.23. The van der Waals surface area contributed by atoms with Gasteiger partial charge in [-0.3, -0.25) is 0 Å². The van der Waals surface area contributed by atoms with Crippen LogP contribution in [0, 0.1) is 0 Å². The monoisotopic (exact) mass is 284 g/mol. The molecule has 1 unspecified atom stereocenters. The molecule has 0 spiro atoms. The third kappa shape index (κ3) is 2.44. The highest BCUT2D eigenvalue weighted by Crippen LogP contribution is 2.29. The lowest BCUT2D eigenvalue weighted by atomic mass is 10.0. The highest BCUT2D eigenvalue weighted by molar-refractivity contribution is 7.05. The molecule has 0 saturated heterocycles. The molecule has 3 nitrogen and oxygen atoms in total. The third-order valence-electron chi connectivity index (χ3n) is 3.41. The maximum Gasteiger partial charge on any atom is 0.117 e. The molecular weight excluding hydrogens is 268 g/mol. The Kier molecular flexibility index (Phi) is 3.76. The van der Waals surface area contributed by atoms with Crippen molar-refractivity contribution in [1.29, 1.82) is 0 Å². The first-order valence-corrected chi connectivity index (χ1v) is 7.55. The first-order valence-electron chi connectivity index (χ1n) is 6.77. The minimum absolute atomic E-state index is 0.638. The number of benzene rings is 2. The van der Waals surface area contributed by atoms with Crippen molar-refractivity contribution in [2.45, 2.75) is 25.9 Å². The van der Waals surface area contributed by atoms with Crippen molar-refractivity contribution in [2.75, 3.05) is 0 Å². The standard InChI is InChI=1S/C16H16N2OS/c1-2-5-14-16(20-18-17-14)15(19)13-9-8-11-6-3-4-7-12(11)10-13/h3-4,6-10,15,19H,2,5H2,1H3. The Balaban J connectivity index is 1.99. The van der Waals surface area contributed by atoms with Crippen LogP contribution in [0.5, 0.6) is 0 Å². The quantitative estimate of drug-likeness (QED) is 0.794. The van der Waals surface area contributed by atoms with E-state index in [1.54, 1.807) is 0 Å². The molecule has 0 amide bonds. The SMILES string of the molecule is CCCc1nnsc1C(O)c1ccc2ccccc2c1. The molecule has 1 N–H and O–H groups in total. The molecule has 0 aliphatic carbocycles. The fraction of sp³-hybridized carbons (Fsp3) is 0.250. The minimum Gasteiger partial charge on any atom is -0.383 e. The Morgan fingerprint density at radius 2 is 1.95 bits per heavy atom. The summed E-state index contributed by atoms with van der Waals surface area (Å²) in [5, 5.41) is 17.0. The molecule has 0 aliphatic rings. The normalized spacial score (nSPS) is 12.7. The lowest BCUT2D eigenvalue weighted by Crippen LogP contribution is -2.01. The van der Waals surface area contributed by atoms with Gasteiger partial charge in [-0.15, -0.1) is 5.10 Å². The summed E-state index contributed by atoms with van der Waals surface area (Å²) in [4.78, 5) is 0.863. The topological polar surface area (TPSA) is 46.0 Å². The second-order valence-electron chi connectivity index (χ2n) is 4.84. The van der Waals surface area contributed by atoms with Crippen molar-refractivity contribution in [3.8, 4) is 0 Å². The van der Waals surface area contributed by atoms with Crippen LogP contribution in [0.2, 0.25) is 0 Å². The van der Waals surface area contributed by atoms with Crippen molar-refractivity contribution < 1.29 is 5.11 Å². The predicted octanol–water partition coefficient (Wildman–Crippen LogP) is 3.73. The second-order valence-corrected chi connectivity index (χ2v) is 5.63. The fourth-order valence-corrected chi connectivity index (χ4v) is 3.07. The van der Waals surface area contributed by atoms with Crippen molar-refractivity contribution in [3.05, 3.63) is 58.6 Å². The van der Waals surface area contributed by atoms with E-state index >= 15 is 0 Å². The minimum atomic E-state index is -0.638. The van der Waals surface area contributed by atoms with E-state index in [-0.39, 0.29) is 0 Å².